The summed E-state index contributed by atoms with van der Waals surface area (Å²) in [5.74, 6) is 0.0557. The topological polar surface area (TPSA) is 52.7 Å². The molecule has 5 nitrogen and oxygen atoms in total. The Bertz CT molecular complexity index is 1420. The zero-order chi connectivity index (χ0) is 28.9. The van der Waals surface area contributed by atoms with Gasteiger partial charge >= 0.3 is 0 Å². The van der Waals surface area contributed by atoms with E-state index in [9.17, 15) is 9.59 Å². The molecule has 2 heterocycles. The third kappa shape index (κ3) is 7.11. The number of hydrogen-bond donors (Lipinski definition) is 1. The molecular formula is C35H38ClN3O2S. The molecule has 2 aliphatic heterocycles. The lowest BCUT2D eigenvalue weighted by atomic mass is 9.92. The largest absolute Gasteiger partial charge is 0.349 e. The van der Waals surface area contributed by atoms with Crippen molar-refractivity contribution in [3.05, 3.63) is 111 Å². The van der Waals surface area contributed by atoms with Crippen LogP contribution in [-0.2, 0) is 17.9 Å². The predicted octanol–water partition coefficient (Wildman–Crippen LogP) is 7.16. The van der Waals surface area contributed by atoms with Crippen molar-refractivity contribution in [1.82, 2.24) is 15.1 Å². The van der Waals surface area contributed by atoms with Gasteiger partial charge in [-0.15, -0.1) is 11.8 Å². The molecule has 42 heavy (non-hydrogen) atoms. The molecule has 218 valence electrons. The molecule has 0 spiro atoms. The molecule has 3 aromatic rings. The molecule has 1 N–H and O–H groups in total. The fraction of sp³-hybridized carbons (Fsp3) is 0.371. The van der Waals surface area contributed by atoms with Crippen LogP contribution in [0.5, 0.6) is 0 Å². The van der Waals surface area contributed by atoms with Gasteiger partial charge in [0.15, 0.2) is 0 Å². The van der Waals surface area contributed by atoms with E-state index in [1.807, 2.05) is 60.7 Å². The van der Waals surface area contributed by atoms with Crippen LogP contribution in [0.2, 0.25) is 5.02 Å². The molecule has 0 radical (unpaired) electrons. The minimum absolute atomic E-state index is 0.0309. The van der Waals surface area contributed by atoms with Crippen molar-refractivity contribution in [2.45, 2.75) is 68.9 Å². The van der Waals surface area contributed by atoms with Crippen LogP contribution in [0, 0.1) is 0 Å². The zero-order valence-electron chi connectivity index (χ0n) is 23.9. The summed E-state index contributed by atoms with van der Waals surface area (Å²) in [4.78, 5) is 32.0. The van der Waals surface area contributed by atoms with Crippen molar-refractivity contribution < 1.29 is 9.59 Å². The van der Waals surface area contributed by atoms with Gasteiger partial charge in [0.25, 0.3) is 11.8 Å². The van der Waals surface area contributed by atoms with Crippen molar-refractivity contribution in [2.24, 2.45) is 0 Å². The van der Waals surface area contributed by atoms with Gasteiger partial charge in [-0.2, -0.15) is 0 Å². The maximum Gasteiger partial charge on any atom is 0.260 e. The molecule has 3 aliphatic rings. The van der Waals surface area contributed by atoms with Crippen LogP contribution in [0.25, 0.3) is 6.08 Å². The standard InChI is InChI=1S/C35H38ClN3O2S/c36-29-10-6-9-27(21-29)24-39-31-11-4-5-12-32(31)42-33(35(39)41)22-25-13-15-28(16-14-25)34(40)37-30-17-19-38(20-18-30)23-26-7-2-1-3-8-26/h1-3,6-10,13-16,21-22,30-32H,4-5,11-12,17-20,23-24H2,(H,37,40)/b33-22+. The second-order valence-electron chi connectivity index (χ2n) is 11.7. The van der Waals surface area contributed by atoms with Gasteiger partial charge in [0.1, 0.15) is 0 Å². The van der Waals surface area contributed by atoms with E-state index in [0.717, 1.165) is 67.8 Å². The molecule has 3 aromatic carbocycles. The van der Waals surface area contributed by atoms with Crippen LogP contribution in [0.4, 0.5) is 0 Å². The molecule has 0 aromatic heterocycles. The number of nitrogens with zero attached hydrogens (tertiary/aromatic N) is 2. The maximum atomic E-state index is 13.7. The van der Waals surface area contributed by atoms with Crippen molar-refractivity contribution in [1.29, 1.82) is 0 Å². The highest BCUT2D eigenvalue weighted by Gasteiger charge is 2.40. The third-order valence-corrected chi connectivity index (χ3v) is 10.3. The number of carbonyl (C=O) groups excluding carboxylic acids is 2. The van der Waals surface area contributed by atoms with Crippen molar-refractivity contribution >= 4 is 41.3 Å². The summed E-state index contributed by atoms with van der Waals surface area (Å²) in [7, 11) is 0. The molecule has 7 heteroatoms. The molecule has 1 aliphatic carbocycles. The summed E-state index contributed by atoms with van der Waals surface area (Å²) in [6.45, 7) is 3.49. The van der Waals surface area contributed by atoms with Crippen molar-refractivity contribution in [3.63, 3.8) is 0 Å². The molecule has 1 saturated carbocycles. The van der Waals surface area contributed by atoms with Gasteiger partial charge in [0.2, 0.25) is 0 Å². The quantitative estimate of drug-likeness (QED) is 0.293. The Labute approximate surface area is 258 Å². The van der Waals surface area contributed by atoms with Crippen molar-refractivity contribution in [2.75, 3.05) is 13.1 Å². The Morgan fingerprint density at radius 1 is 0.881 bits per heavy atom. The number of nitrogens with one attached hydrogen (secondary N) is 1. The molecule has 2 unspecified atom stereocenters. The van der Waals surface area contributed by atoms with E-state index >= 15 is 0 Å². The van der Waals surface area contributed by atoms with E-state index in [-0.39, 0.29) is 23.9 Å². The molecule has 0 bridgehead atoms. The molecule has 2 atom stereocenters. The first-order valence-corrected chi connectivity index (χ1v) is 16.4. The summed E-state index contributed by atoms with van der Waals surface area (Å²) < 4.78 is 0. The Morgan fingerprint density at radius 2 is 1.62 bits per heavy atom. The second-order valence-corrected chi connectivity index (χ2v) is 13.4. The maximum absolute atomic E-state index is 13.7. The van der Waals surface area contributed by atoms with Gasteiger partial charge in [-0.1, -0.05) is 79.0 Å². The number of thioether (sulfide) groups is 1. The summed E-state index contributed by atoms with van der Waals surface area (Å²) in [5, 5.41) is 4.34. The number of piperidine rings is 1. The van der Waals surface area contributed by atoms with E-state index in [1.54, 1.807) is 11.8 Å². The lowest BCUT2D eigenvalue weighted by Gasteiger charge is -2.44. The van der Waals surface area contributed by atoms with Gasteiger partial charge in [-0.05, 0) is 72.7 Å². The van der Waals surface area contributed by atoms with Crippen LogP contribution in [0.15, 0.2) is 83.8 Å². The Kier molecular flexibility index (Phi) is 9.33. The second kappa shape index (κ2) is 13.5. The van der Waals surface area contributed by atoms with E-state index in [4.69, 9.17) is 11.6 Å². The summed E-state index contributed by atoms with van der Waals surface area (Å²) >= 11 is 7.98. The first kappa shape index (κ1) is 29.0. The van der Waals surface area contributed by atoms with Crippen LogP contribution < -0.4 is 5.32 Å². The molecular weight excluding hydrogens is 562 g/mol. The smallest absolute Gasteiger partial charge is 0.260 e. The first-order chi connectivity index (χ1) is 20.5. The SMILES string of the molecule is O=C(NC1CCN(Cc2ccccc2)CC1)c1ccc(/C=C2/SC3CCCCC3N(Cc3cccc(Cl)c3)C2=O)cc1. The molecule has 2 amide bonds. The van der Waals surface area contributed by atoms with Gasteiger partial charge in [0, 0.05) is 54.1 Å². The number of rotatable bonds is 7. The summed E-state index contributed by atoms with van der Waals surface area (Å²) in [5.41, 5.74) is 3.98. The number of fused-ring (bicyclic) bond motifs is 1. The Balaban J connectivity index is 1.07. The van der Waals surface area contributed by atoms with E-state index < -0.39 is 0 Å². The van der Waals surface area contributed by atoms with Gasteiger partial charge in [-0.3, -0.25) is 14.5 Å². The fourth-order valence-electron chi connectivity index (χ4n) is 6.42. The first-order valence-electron chi connectivity index (χ1n) is 15.1. The van der Waals surface area contributed by atoms with Crippen molar-refractivity contribution in [3.8, 4) is 0 Å². The number of hydrogen-bond acceptors (Lipinski definition) is 4. The van der Waals surface area contributed by atoms with Gasteiger partial charge in [0.05, 0.1) is 4.91 Å². The highest BCUT2D eigenvalue weighted by atomic mass is 35.5. The normalized spacial score (nSPS) is 22.6. The molecule has 3 fully saturated rings. The number of amides is 2. The highest BCUT2D eigenvalue weighted by molar-refractivity contribution is 8.04. The number of halogens is 1. The van der Waals surface area contributed by atoms with Crippen LogP contribution in [0.3, 0.4) is 0 Å². The number of likely N-dealkylation sites (tertiary alicyclic amines) is 1. The predicted molar refractivity (Wildman–Crippen MR) is 172 cm³/mol. The number of benzene rings is 3. The zero-order valence-corrected chi connectivity index (χ0v) is 25.5. The molecule has 2 saturated heterocycles. The summed E-state index contributed by atoms with van der Waals surface area (Å²) in [6.07, 6.45) is 8.44. The minimum atomic E-state index is -0.0309. The van der Waals surface area contributed by atoms with E-state index in [1.165, 1.54) is 12.0 Å². The average Bonchev–Trinajstić information content (AvgIpc) is 3.01. The lowest BCUT2D eigenvalue weighted by Crippen LogP contribution is -2.50. The van der Waals surface area contributed by atoms with Crippen LogP contribution >= 0.6 is 23.4 Å². The van der Waals surface area contributed by atoms with E-state index in [2.05, 4.69) is 39.4 Å². The Hall–Kier alpha value is -3.06. The van der Waals surface area contributed by atoms with Crippen LogP contribution in [-0.4, -0.2) is 52.0 Å². The monoisotopic (exact) mass is 599 g/mol. The van der Waals surface area contributed by atoms with Gasteiger partial charge < -0.3 is 10.2 Å². The fourth-order valence-corrected chi connectivity index (χ4v) is 8.11. The lowest BCUT2D eigenvalue weighted by molar-refractivity contribution is -0.130. The molecule has 6 rings (SSSR count). The highest BCUT2D eigenvalue weighted by Crippen LogP contribution is 2.42. The Morgan fingerprint density at radius 3 is 2.38 bits per heavy atom. The average molecular weight is 600 g/mol. The number of carbonyl (C=O) groups is 2. The van der Waals surface area contributed by atoms with E-state index in [0.29, 0.717) is 22.4 Å². The van der Waals surface area contributed by atoms with Crippen LogP contribution in [0.1, 0.15) is 65.6 Å². The minimum Gasteiger partial charge on any atom is -0.349 e. The third-order valence-electron chi connectivity index (χ3n) is 8.70. The van der Waals surface area contributed by atoms with Gasteiger partial charge in [-0.25, -0.2) is 0 Å². The summed E-state index contributed by atoms with van der Waals surface area (Å²) in [6, 6.07) is 26.4.